The number of hydrogen-bond donors (Lipinski definition) is 7. The van der Waals surface area contributed by atoms with Crippen molar-refractivity contribution in [2.45, 2.75) is 43.2 Å². The summed E-state index contributed by atoms with van der Waals surface area (Å²) in [6, 6.07) is 7.90. The summed E-state index contributed by atoms with van der Waals surface area (Å²) in [5, 5.41) is 46.0. The number of nitrogens with zero attached hydrogens (tertiary/aromatic N) is 4. The molecule has 4 rings (SSSR count). The third-order valence-electron chi connectivity index (χ3n) is 6.11. The van der Waals surface area contributed by atoms with Crippen LogP contribution in [0.25, 0.3) is 11.2 Å². The summed E-state index contributed by atoms with van der Waals surface area (Å²) in [6.45, 7) is -0.778. The fourth-order valence-corrected chi connectivity index (χ4v) is 4.38. The first-order valence-corrected chi connectivity index (χ1v) is 11.6. The molecule has 0 saturated heterocycles. The van der Waals surface area contributed by atoms with E-state index in [1.54, 1.807) is 4.57 Å². The number of hydrogen-bond acceptors (Lipinski definition) is 10. The highest BCUT2D eigenvalue weighted by atomic mass is 16.3. The second-order valence-corrected chi connectivity index (χ2v) is 8.56. The molecule has 2 heterocycles. The fourth-order valence-electron chi connectivity index (χ4n) is 4.38. The molecule has 5 atom stereocenters. The Labute approximate surface area is 207 Å². The first-order valence-electron chi connectivity index (χ1n) is 11.6. The molecule has 0 bridgehead atoms. The lowest BCUT2D eigenvalue weighted by Crippen LogP contribution is -2.44. The van der Waals surface area contributed by atoms with Gasteiger partial charge < -0.3 is 41.4 Å². The van der Waals surface area contributed by atoms with Gasteiger partial charge in [-0.3, -0.25) is 4.79 Å². The van der Waals surface area contributed by atoms with E-state index < -0.39 is 36.8 Å². The van der Waals surface area contributed by atoms with Crippen LogP contribution >= 0.6 is 0 Å². The molecule has 3 aromatic rings. The molecule has 1 aliphatic carbocycles. The monoisotopic (exact) mass is 495 g/mol. The lowest BCUT2D eigenvalue weighted by atomic mass is 10.1. The largest absolute Gasteiger partial charge is 0.394 e. The molecule has 1 fully saturated rings. The number of fused-ring (bicyclic) bond motifs is 1. The highest BCUT2D eigenvalue weighted by molar-refractivity contribution is 5.84. The number of carbonyl (C=O) groups is 1. The van der Waals surface area contributed by atoms with Crippen LogP contribution in [0.15, 0.2) is 36.7 Å². The SMILES string of the molecule is NCC#Cc1nc(N[C@H](CO)Cc2ccccc2)c2ncn([C@@H]3C[C@H](NC(=O)CO)[C@@H](O)[C@H]3O)c2n1. The summed E-state index contributed by atoms with van der Waals surface area (Å²) in [6.07, 6.45) is -0.272. The van der Waals surface area contributed by atoms with Gasteiger partial charge in [0.25, 0.3) is 0 Å². The maximum Gasteiger partial charge on any atom is 0.246 e. The second kappa shape index (κ2) is 11.4. The number of carbonyl (C=O) groups excluding carboxylic acids is 1. The number of benzene rings is 1. The molecular weight excluding hydrogens is 466 g/mol. The molecule has 0 radical (unpaired) electrons. The van der Waals surface area contributed by atoms with Crippen molar-refractivity contribution in [2.75, 3.05) is 25.1 Å². The molecule has 0 aliphatic heterocycles. The zero-order valence-electron chi connectivity index (χ0n) is 19.4. The average Bonchev–Trinajstić information content (AvgIpc) is 3.43. The van der Waals surface area contributed by atoms with E-state index in [9.17, 15) is 20.1 Å². The second-order valence-electron chi connectivity index (χ2n) is 8.56. The van der Waals surface area contributed by atoms with E-state index in [2.05, 4.69) is 37.4 Å². The van der Waals surface area contributed by atoms with E-state index in [4.69, 9.17) is 10.8 Å². The molecule has 1 aliphatic rings. The zero-order chi connectivity index (χ0) is 25.7. The number of nitrogens with one attached hydrogen (secondary N) is 2. The summed E-state index contributed by atoms with van der Waals surface area (Å²) in [7, 11) is 0. The Bertz CT molecular complexity index is 1260. The molecule has 0 spiro atoms. The van der Waals surface area contributed by atoms with Gasteiger partial charge >= 0.3 is 0 Å². The van der Waals surface area contributed by atoms with Crippen LogP contribution in [0.5, 0.6) is 0 Å². The van der Waals surface area contributed by atoms with Gasteiger partial charge in [0.1, 0.15) is 18.8 Å². The first kappa shape index (κ1) is 25.5. The molecule has 1 aromatic carbocycles. The Morgan fingerprint density at radius 1 is 1.19 bits per heavy atom. The average molecular weight is 496 g/mol. The highest BCUT2D eigenvalue weighted by Crippen LogP contribution is 2.34. The van der Waals surface area contributed by atoms with Gasteiger partial charge in [-0.15, -0.1) is 0 Å². The predicted octanol–water partition coefficient (Wildman–Crippen LogP) is -1.70. The minimum Gasteiger partial charge on any atom is -0.394 e. The summed E-state index contributed by atoms with van der Waals surface area (Å²) < 4.78 is 1.61. The topological polar surface area (TPSA) is 192 Å². The molecule has 1 amide bonds. The van der Waals surface area contributed by atoms with Crippen molar-refractivity contribution in [1.82, 2.24) is 24.8 Å². The molecule has 12 nitrogen and oxygen atoms in total. The lowest BCUT2D eigenvalue weighted by molar-refractivity contribution is -0.125. The van der Waals surface area contributed by atoms with E-state index in [-0.39, 0.29) is 31.4 Å². The highest BCUT2D eigenvalue weighted by Gasteiger charge is 2.43. The molecule has 2 aromatic heterocycles. The van der Waals surface area contributed by atoms with Crippen LogP contribution in [-0.2, 0) is 11.2 Å². The Morgan fingerprint density at radius 2 is 1.97 bits per heavy atom. The standard InChI is InChI=1S/C24H29N7O5/c25-8-4-7-18-29-23(27-15(11-32)9-14-5-2-1-3-6-14)20-24(30-18)31(13-26-20)17-10-16(21(35)22(17)36)28-19(34)12-33/h1-3,5-6,13,15-17,21-22,32-33,35-36H,8-12,25H2,(H,28,34)(H,27,29,30)/t15-,16-,17+,21+,22-/m0/s1. The van der Waals surface area contributed by atoms with Crippen molar-refractivity contribution in [3.05, 3.63) is 48.0 Å². The third-order valence-corrected chi connectivity index (χ3v) is 6.11. The minimum atomic E-state index is -1.25. The van der Waals surface area contributed by atoms with Gasteiger partial charge in [-0.2, -0.15) is 0 Å². The van der Waals surface area contributed by atoms with Gasteiger partial charge in [0.15, 0.2) is 17.0 Å². The molecule has 190 valence electrons. The Kier molecular flexibility index (Phi) is 8.09. The number of aliphatic hydroxyl groups is 4. The maximum atomic E-state index is 11.6. The van der Waals surface area contributed by atoms with E-state index >= 15 is 0 Å². The van der Waals surface area contributed by atoms with Crippen molar-refractivity contribution >= 4 is 22.9 Å². The molecular formula is C24H29N7O5. The third kappa shape index (κ3) is 5.46. The number of aromatic nitrogens is 4. The summed E-state index contributed by atoms with van der Waals surface area (Å²) >= 11 is 0. The Morgan fingerprint density at radius 3 is 2.67 bits per heavy atom. The van der Waals surface area contributed by atoms with Crippen molar-refractivity contribution in [2.24, 2.45) is 5.73 Å². The van der Waals surface area contributed by atoms with Gasteiger partial charge in [0.2, 0.25) is 11.7 Å². The van der Waals surface area contributed by atoms with Crippen LogP contribution in [0.3, 0.4) is 0 Å². The van der Waals surface area contributed by atoms with E-state index in [1.807, 2.05) is 30.3 Å². The molecule has 1 saturated carbocycles. The lowest BCUT2D eigenvalue weighted by Gasteiger charge is -2.19. The molecule has 0 unspecified atom stereocenters. The van der Waals surface area contributed by atoms with Gasteiger partial charge in [-0.25, -0.2) is 15.0 Å². The van der Waals surface area contributed by atoms with E-state index in [0.29, 0.717) is 23.4 Å². The normalized spacial score (nSPS) is 22.1. The number of imidazole rings is 1. The smallest absolute Gasteiger partial charge is 0.246 e. The van der Waals surface area contributed by atoms with Crippen molar-refractivity contribution < 1.29 is 25.2 Å². The van der Waals surface area contributed by atoms with Gasteiger partial charge in [-0.05, 0) is 24.3 Å². The van der Waals surface area contributed by atoms with Crippen LogP contribution in [0, 0.1) is 11.8 Å². The van der Waals surface area contributed by atoms with Crippen LogP contribution < -0.4 is 16.4 Å². The Balaban J connectivity index is 1.69. The summed E-state index contributed by atoms with van der Waals surface area (Å²) in [5.41, 5.74) is 7.30. The molecule has 36 heavy (non-hydrogen) atoms. The van der Waals surface area contributed by atoms with Crippen molar-refractivity contribution in [1.29, 1.82) is 0 Å². The maximum absolute atomic E-state index is 11.6. The Hall–Kier alpha value is -3.60. The van der Waals surface area contributed by atoms with Crippen molar-refractivity contribution in [3.8, 4) is 11.8 Å². The number of rotatable bonds is 8. The van der Waals surface area contributed by atoms with Crippen LogP contribution in [0.4, 0.5) is 5.82 Å². The quantitative estimate of drug-likeness (QED) is 0.177. The van der Waals surface area contributed by atoms with Crippen LogP contribution in [-0.4, -0.2) is 89.9 Å². The molecule has 12 heteroatoms. The minimum absolute atomic E-state index is 0.108. The van der Waals surface area contributed by atoms with Gasteiger partial charge in [0, 0.05) is 0 Å². The van der Waals surface area contributed by atoms with Gasteiger partial charge in [-0.1, -0.05) is 36.3 Å². The van der Waals surface area contributed by atoms with E-state index in [0.717, 1.165) is 5.56 Å². The van der Waals surface area contributed by atoms with Crippen LogP contribution in [0.2, 0.25) is 0 Å². The van der Waals surface area contributed by atoms with Crippen LogP contribution in [0.1, 0.15) is 23.9 Å². The number of aliphatic hydroxyl groups excluding tert-OH is 4. The number of nitrogens with two attached hydrogens (primary N) is 1. The van der Waals surface area contributed by atoms with Crippen molar-refractivity contribution in [3.63, 3.8) is 0 Å². The van der Waals surface area contributed by atoms with Gasteiger partial charge in [0.05, 0.1) is 37.6 Å². The summed E-state index contributed by atoms with van der Waals surface area (Å²) in [5.74, 6) is 5.41. The number of amides is 1. The predicted molar refractivity (Wildman–Crippen MR) is 131 cm³/mol. The first-order chi connectivity index (χ1) is 17.4. The molecule has 8 N–H and O–H groups in total. The summed E-state index contributed by atoms with van der Waals surface area (Å²) in [4.78, 5) is 25.0. The fraction of sp³-hybridized carbons (Fsp3) is 0.417. The zero-order valence-corrected chi connectivity index (χ0v) is 19.4. The van der Waals surface area contributed by atoms with E-state index in [1.165, 1.54) is 6.33 Å². The number of anilines is 1.